The minimum absolute atomic E-state index is 0.0148. The van der Waals surface area contributed by atoms with Crippen molar-refractivity contribution in [1.82, 2.24) is 14.0 Å². The molecule has 36 heavy (non-hydrogen) atoms. The van der Waals surface area contributed by atoms with Crippen LogP contribution in [0.25, 0.3) is 0 Å². The van der Waals surface area contributed by atoms with Crippen LogP contribution in [0.15, 0.2) is 100 Å². The fraction of sp³-hybridized carbons (Fsp3) is 0.321. The van der Waals surface area contributed by atoms with Crippen molar-refractivity contribution in [3.8, 4) is 5.75 Å². The molecule has 184 valence electrons. The molecule has 1 aliphatic heterocycles. The summed E-state index contributed by atoms with van der Waals surface area (Å²) in [5, 5.41) is 18.5. The van der Waals surface area contributed by atoms with Crippen molar-refractivity contribution in [3.63, 3.8) is 0 Å². The summed E-state index contributed by atoms with van der Waals surface area (Å²) in [5.74, 6) is 0.462. The monoisotopic (exact) mass is 484 g/mol. The van der Waals surface area contributed by atoms with Crippen LogP contribution in [0.4, 0.5) is 11.4 Å². The average Bonchev–Trinajstić information content (AvgIpc) is 3.32. The number of hydrogen-bond acceptors (Lipinski definition) is 4. The van der Waals surface area contributed by atoms with Gasteiger partial charge in [0.2, 0.25) is 17.4 Å². The van der Waals surface area contributed by atoms with Gasteiger partial charge in [-0.25, -0.2) is 9.13 Å². The van der Waals surface area contributed by atoms with E-state index in [1.165, 1.54) is 5.70 Å². The maximum atomic E-state index is 7.65. The van der Waals surface area contributed by atoms with E-state index in [-0.39, 0.29) is 12.1 Å². The number of imidazole rings is 1. The third-order valence-corrected chi connectivity index (χ3v) is 6.76. The summed E-state index contributed by atoms with van der Waals surface area (Å²) in [5.41, 5.74) is 2.73. The SMILES string of the molecule is CCN(CC)C1C=CC2N=c3ccc(N=Nc4ccc([OH2+])cc4)cc3=[N+](CCn3cc[n+](C)c3)C2=C1. The van der Waals surface area contributed by atoms with Gasteiger partial charge in [0, 0.05) is 24.3 Å². The number of hydrogen-bond donors (Lipinski definition) is 0. The van der Waals surface area contributed by atoms with Crippen LogP contribution in [-0.2, 0) is 13.6 Å². The van der Waals surface area contributed by atoms with Gasteiger partial charge < -0.3 is 5.11 Å². The molecular formula is C28H34N7O+3. The first-order valence-electron chi connectivity index (χ1n) is 12.5. The topological polar surface area (TPSA) is 75.0 Å². The van der Waals surface area contributed by atoms with Crippen LogP contribution in [-0.4, -0.2) is 46.3 Å². The molecule has 2 atom stereocenters. The number of rotatable bonds is 8. The zero-order valence-electron chi connectivity index (χ0n) is 21.1. The van der Waals surface area contributed by atoms with E-state index in [2.05, 4.69) is 85.7 Å². The van der Waals surface area contributed by atoms with Crippen molar-refractivity contribution in [1.29, 1.82) is 0 Å². The molecule has 8 heteroatoms. The standard InChI is InChI=1S/C28H32N7O/c1-4-34(5-2)23-9-13-26-28(19-23)35(17-16-33-15-14-32(3)20-33)27-18-22(8-12-25(27)29-26)31-30-21-6-10-24(36)11-7-21/h6-15,18-20,23,26H,4-5,16-17H2,1-3H3/q+1/p+2. The van der Waals surface area contributed by atoms with Crippen LogP contribution in [0.3, 0.4) is 0 Å². The molecule has 2 aliphatic rings. The Hall–Kier alpha value is -3.91. The van der Waals surface area contributed by atoms with E-state index in [1.54, 1.807) is 24.3 Å². The Balaban J connectivity index is 1.57. The molecule has 2 unspecified atom stereocenters. The van der Waals surface area contributed by atoms with Gasteiger partial charge in [-0.15, -0.1) is 0 Å². The van der Waals surface area contributed by atoms with E-state index < -0.39 is 0 Å². The second kappa shape index (κ2) is 10.4. The second-order valence-corrected chi connectivity index (χ2v) is 9.15. The number of benzene rings is 2. The van der Waals surface area contributed by atoms with Gasteiger partial charge in [0.15, 0.2) is 12.6 Å². The highest BCUT2D eigenvalue weighted by molar-refractivity contribution is 5.42. The number of aromatic nitrogens is 2. The zero-order chi connectivity index (χ0) is 25.1. The van der Waals surface area contributed by atoms with Crippen LogP contribution >= 0.6 is 0 Å². The Morgan fingerprint density at radius 2 is 1.78 bits per heavy atom. The highest BCUT2D eigenvalue weighted by Gasteiger charge is 2.32. The van der Waals surface area contributed by atoms with Crippen LogP contribution in [0, 0.1) is 0 Å². The van der Waals surface area contributed by atoms with E-state index >= 15 is 0 Å². The lowest BCUT2D eigenvalue weighted by atomic mass is 10.00. The first-order chi connectivity index (χ1) is 17.5. The Bertz CT molecular complexity index is 1450. The van der Waals surface area contributed by atoms with E-state index in [9.17, 15) is 0 Å². The lowest BCUT2D eigenvalue weighted by Gasteiger charge is -2.28. The van der Waals surface area contributed by atoms with E-state index in [0.717, 1.165) is 48.3 Å². The number of azo groups is 1. The van der Waals surface area contributed by atoms with Gasteiger partial charge in [0.05, 0.1) is 24.5 Å². The fourth-order valence-electron chi connectivity index (χ4n) is 4.81. The first-order valence-corrected chi connectivity index (χ1v) is 12.5. The molecule has 0 bridgehead atoms. The summed E-state index contributed by atoms with van der Waals surface area (Å²) in [7, 11) is 2.04. The fourth-order valence-corrected chi connectivity index (χ4v) is 4.81. The first kappa shape index (κ1) is 23.8. The zero-order valence-corrected chi connectivity index (χ0v) is 21.1. The lowest BCUT2D eigenvalue weighted by molar-refractivity contribution is -0.671. The van der Waals surface area contributed by atoms with Crippen molar-refractivity contribution in [2.24, 2.45) is 22.3 Å². The molecule has 3 aromatic rings. The summed E-state index contributed by atoms with van der Waals surface area (Å²) >= 11 is 0. The largest absolute Gasteiger partial charge is 0.593 e. The van der Waals surface area contributed by atoms with Gasteiger partial charge in [0.1, 0.15) is 24.3 Å². The maximum absolute atomic E-state index is 7.65. The summed E-state index contributed by atoms with van der Waals surface area (Å²) in [6.45, 7) is 8.10. The van der Waals surface area contributed by atoms with Crippen LogP contribution in [0.2, 0.25) is 0 Å². The van der Waals surface area contributed by atoms with Gasteiger partial charge in [-0.1, -0.05) is 26.0 Å². The van der Waals surface area contributed by atoms with Gasteiger partial charge in [0.25, 0.3) is 5.75 Å². The number of aryl methyl sites for hydroxylation is 1. The minimum atomic E-state index is 0.0148. The summed E-state index contributed by atoms with van der Waals surface area (Å²) in [6.07, 6.45) is 13.2. The molecule has 0 spiro atoms. The van der Waals surface area contributed by atoms with E-state index in [0.29, 0.717) is 5.75 Å². The van der Waals surface area contributed by atoms with Crippen LogP contribution < -0.4 is 19.9 Å². The average molecular weight is 485 g/mol. The number of fused-ring (bicyclic) bond motifs is 2. The molecule has 1 aliphatic carbocycles. The van der Waals surface area contributed by atoms with Crippen molar-refractivity contribution < 1.29 is 9.67 Å². The molecule has 0 amide bonds. The molecule has 0 saturated carbocycles. The van der Waals surface area contributed by atoms with Gasteiger partial charge in [-0.3, -0.25) is 9.89 Å². The van der Waals surface area contributed by atoms with Gasteiger partial charge in [-0.05, 0) is 37.4 Å². The maximum Gasteiger partial charge on any atom is 0.253 e. The quantitative estimate of drug-likeness (QED) is 0.210. The summed E-state index contributed by atoms with van der Waals surface area (Å²) < 4.78 is 6.68. The third kappa shape index (κ3) is 5.04. The van der Waals surface area contributed by atoms with Crippen molar-refractivity contribution in [2.75, 3.05) is 19.6 Å². The van der Waals surface area contributed by atoms with Gasteiger partial charge >= 0.3 is 0 Å². The molecule has 2 heterocycles. The number of nitrogens with zero attached hydrogens (tertiary/aromatic N) is 7. The lowest BCUT2D eigenvalue weighted by Crippen LogP contribution is -2.49. The molecule has 0 saturated heterocycles. The van der Waals surface area contributed by atoms with E-state index in [1.807, 2.05) is 19.2 Å². The Kier molecular flexibility index (Phi) is 6.86. The van der Waals surface area contributed by atoms with Crippen LogP contribution in [0.1, 0.15) is 13.8 Å². The van der Waals surface area contributed by atoms with Crippen LogP contribution in [0.5, 0.6) is 5.75 Å². The van der Waals surface area contributed by atoms with Crippen molar-refractivity contribution in [2.45, 2.75) is 32.5 Å². The summed E-state index contributed by atoms with van der Waals surface area (Å²) in [4.78, 5) is 7.52. The molecule has 1 aromatic heterocycles. The van der Waals surface area contributed by atoms with Crippen molar-refractivity contribution in [3.05, 3.63) is 95.8 Å². The Morgan fingerprint density at radius 3 is 2.50 bits per heavy atom. The predicted molar refractivity (Wildman–Crippen MR) is 140 cm³/mol. The molecule has 8 nitrogen and oxygen atoms in total. The second-order valence-electron chi connectivity index (χ2n) is 9.15. The highest BCUT2D eigenvalue weighted by atomic mass is 16.3. The summed E-state index contributed by atoms with van der Waals surface area (Å²) in [6, 6.07) is 13.4. The van der Waals surface area contributed by atoms with E-state index in [4.69, 9.17) is 10.1 Å². The molecule has 5 rings (SSSR count). The minimum Gasteiger partial charge on any atom is -0.593 e. The molecule has 0 fully saturated rings. The smallest absolute Gasteiger partial charge is 0.253 e. The van der Waals surface area contributed by atoms with Crippen molar-refractivity contribution >= 4 is 11.4 Å². The molecular weight excluding hydrogens is 450 g/mol. The molecule has 2 aromatic carbocycles. The Morgan fingerprint density at radius 1 is 1.03 bits per heavy atom. The molecule has 2 N–H and O–H groups in total. The number of likely N-dealkylation sites (N-methyl/N-ethyl adjacent to an activating group) is 1. The molecule has 0 radical (unpaired) electrons. The normalized spacial score (nSPS) is 18.8. The Labute approximate surface area is 211 Å². The van der Waals surface area contributed by atoms with Gasteiger partial charge in [-0.2, -0.15) is 14.8 Å². The predicted octanol–water partition coefficient (Wildman–Crippen LogP) is 2.52. The third-order valence-electron chi connectivity index (χ3n) is 6.76. The highest BCUT2D eigenvalue weighted by Crippen LogP contribution is 2.22.